The summed E-state index contributed by atoms with van der Waals surface area (Å²) in [6.45, 7) is 6.19. The largest absolute Gasteiger partial charge is 0.388 e. The lowest BCUT2D eigenvalue weighted by Crippen LogP contribution is -2.11. The molecule has 102 valence electrons. The van der Waals surface area contributed by atoms with Gasteiger partial charge in [-0.2, -0.15) is 0 Å². The molecular weight excluding hydrogens is 238 g/mol. The van der Waals surface area contributed by atoms with Gasteiger partial charge in [-0.25, -0.2) is 0 Å². The number of rotatable bonds is 5. The van der Waals surface area contributed by atoms with Crippen molar-refractivity contribution in [1.82, 2.24) is 14.8 Å². The van der Waals surface area contributed by atoms with Crippen molar-refractivity contribution in [2.24, 2.45) is 0 Å². The van der Waals surface area contributed by atoms with Crippen LogP contribution >= 0.6 is 0 Å². The quantitative estimate of drug-likeness (QED) is 0.897. The highest BCUT2D eigenvalue weighted by molar-refractivity contribution is 5.21. The number of aliphatic hydroxyl groups excluding tert-OH is 1. The molecule has 19 heavy (non-hydrogen) atoms. The van der Waals surface area contributed by atoms with E-state index in [9.17, 15) is 5.11 Å². The van der Waals surface area contributed by atoms with E-state index in [1.807, 2.05) is 4.57 Å². The van der Waals surface area contributed by atoms with Crippen LogP contribution < -0.4 is 0 Å². The summed E-state index contributed by atoms with van der Waals surface area (Å²) < 4.78 is 2.02. The molecular formula is C15H21N3O. The minimum atomic E-state index is -0.0598. The van der Waals surface area contributed by atoms with E-state index in [2.05, 4.69) is 55.2 Å². The van der Waals surface area contributed by atoms with E-state index >= 15 is 0 Å². The van der Waals surface area contributed by atoms with Crippen molar-refractivity contribution in [3.63, 3.8) is 0 Å². The van der Waals surface area contributed by atoms with Crippen molar-refractivity contribution in [3.8, 4) is 0 Å². The summed E-state index contributed by atoms with van der Waals surface area (Å²) in [5.41, 5.74) is 2.58. The zero-order chi connectivity index (χ0) is 13.8. The zero-order valence-electron chi connectivity index (χ0n) is 11.8. The molecule has 4 heteroatoms. The summed E-state index contributed by atoms with van der Waals surface area (Å²) in [5.74, 6) is 1.59. The molecule has 4 nitrogen and oxygen atoms in total. The molecule has 0 atom stereocenters. The Morgan fingerprint density at radius 2 is 1.68 bits per heavy atom. The molecule has 0 bridgehead atoms. The van der Waals surface area contributed by atoms with Gasteiger partial charge >= 0.3 is 0 Å². The zero-order valence-corrected chi connectivity index (χ0v) is 11.8. The van der Waals surface area contributed by atoms with Crippen LogP contribution in [0.2, 0.25) is 0 Å². The number of hydrogen-bond donors (Lipinski definition) is 1. The van der Waals surface area contributed by atoms with Gasteiger partial charge in [-0.05, 0) is 32.8 Å². The van der Waals surface area contributed by atoms with Crippen LogP contribution in [0.25, 0.3) is 0 Å². The lowest BCUT2D eigenvalue weighted by Gasteiger charge is -2.13. The first-order valence-electron chi connectivity index (χ1n) is 6.71. The average Bonchev–Trinajstić information content (AvgIpc) is 2.81. The fourth-order valence-electron chi connectivity index (χ4n) is 2.25. The monoisotopic (exact) mass is 259 g/mol. The van der Waals surface area contributed by atoms with Crippen LogP contribution in [0, 0.1) is 6.92 Å². The van der Waals surface area contributed by atoms with E-state index in [-0.39, 0.29) is 12.6 Å². The minimum Gasteiger partial charge on any atom is -0.388 e. The molecule has 0 spiro atoms. The normalized spacial score (nSPS) is 11.2. The second kappa shape index (κ2) is 5.97. The van der Waals surface area contributed by atoms with Crippen LogP contribution in [-0.4, -0.2) is 19.9 Å². The van der Waals surface area contributed by atoms with E-state index in [4.69, 9.17) is 0 Å². The Morgan fingerprint density at radius 1 is 1.05 bits per heavy atom. The van der Waals surface area contributed by atoms with Crippen LogP contribution in [0.3, 0.4) is 0 Å². The lowest BCUT2D eigenvalue weighted by molar-refractivity contribution is 0.261. The topological polar surface area (TPSA) is 50.9 Å². The van der Waals surface area contributed by atoms with Gasteiger partial charge in [0.1, 0.15) is 12.4 Å². The number of aromatic nitrogens is 3. The lowest BCUT2D eigenvalue weighted by atomic mass is 10.1. The number of benzene rings is 1. The third kappa shape index (κ3) is 3.20. The molecule has 1 aromatic carbocycles. The SMILES string of the molecule is Cc1ccc(CCc2nnc(CO)n2C(C)C)cc1. The Kier molecular flexibility index (Phi) is 4.32. The Labute approximate surface area is 114 Å². The smallest absolute Gasteiger partial charge is 0.159 e. The van der Waals surface area contributed by atoms with E-state index < -0.39 is 0 Å². The van der Waals surface area contributed by atoms with Gasteiger partial charge in [0.2, 0.25) is 0 Å². The summed E-state index contributed by atoms with van der Waals surface area (Å²) in [6, 6.07) is 8.82. The maximum Gasteiger partial charge on any atom is 0.159 e. The molecule has 0 amide bonds. The molecule has 2 aromatic rings. The molecule has 1 heterocycles. The van der Waals surface area contributed by atoms with Gasteiger partial charge in [-0.1, -0.05) is 29.8 Å². The van der Waals surface area contributed by atoms with Gasteiger partial charge in [0.15, 0.2) is 5.82 Å². The molecule has 0 fully saturated rings. The standard InChI is InChI=1S/C15H21N3O/c1-11(2)18-14(16-17-15(18)10-19)9-8-13-6-4-12(3)5-7-13/h4-7,11,19H,8-10H2,1-3H3. The molecule has 2 rings (SSSR count). The van der Waals surface area contributed by atoms with Crippen LogP contribution in [0.4, 0.5) is 0 Å². The minimum absolute atomic E-state index is 0.0598. The summed E-state index contributed by atoms with van der Waals surface area (Å²) in [5, 5.41) is 17.5. The molecule has 1 N–H and O–H groups in total. The van der Waals surface area contributed by atoms with Gasteiger partial charge in [0, 0.05) is 12.5 Å². The Hall–Kier alpha value is -1.68. The first kappa shape index (κ1) is 13.7. The van der Waals surface area contributed by atoms with Crippen molar-refractivity contribution >= 4 is 0 Å². The summed E-state index contributed by atoms with van der Waals surface area (Å²) in [4.78, 5) is 0. The predicted molar refractivity (Wildman–Crippen MR) is 74.9 cm³/mol. The van der Waals surface area contributed by atoms with Crippen LogP contribution in [0.5, 0.6) is 0 Å². The third-order valence-electron chi connectivity index (χ3n) is 3.25. The van der Waals surface area contributed by atoms with Crippen LogP contribution in [0.1, 0.15) is 42.7 Å². The van der Waals surface area contributed by atoms with E-state index in [0.29, 0.717) is 5.82 Å². The van der Waals surface area contributed by atoms with Crippen molar-refractivity contribution in [2.45, 2.75) is 46.3 Å². The van der Waals surface area contributed by atoms with E-state index in [1.165, 1.54) is 11.1 Å². The van der Waals surface area contributed by atoms with Crippen LogP contribution in [0.15, 0.2) is 24.3 Å². The maximum absolute atomic E-state index is 9.27. The fraction of sp³-hybridized carbons (Fsp3) is 0.467. The summed E-state index contributed by atoms with van der Waals surface area (Å²) in [7, 11) is 0. The number of aryl methyl sites for hydroxylation is 3. The highest BCUT2D eigenvalue weighted by atomic mass is 16.3. The van der Waals surface area contributed by atoms with Crippen molar-refractivity contribution < 1.29 is 5.11 Å². The molecule has 0 aliphatic carbocycles. The van der Waals surface area contributed by atoms with Gasteiger partial charge < -0.3 is 9.67 Å². The van der Waals surface area contributed by atoms with Gasteiger partial charge in [0.05, 0.1) is 0 Å². The highest BCUT2D eigenvalue weighted by Gasteiger charge is 2.13. The Balaban J connectivity index is 2.11. The first-order valence-corrected chi connectivity index (χ1v) is 6.71. The molecule has 0 saturated carbocycles. The summed E-state index contributed by atoms with van der Waals surface area (Å²) >= 11 is 0. The maximum atomic E-state index is 9.27. The molecule has 1 aromatic heterocycles. The van der Waals surface area contributed by atoms with Crippen LogP contribution in [-0.2, 0) is 19.4 Å². The second-order valence-electron chi connectivity index (χ2n) is 5.14. The summed E-state index contributed by atoms with van der Waals surface area (Å²) in [6.07, 6.45) is 1.78. The predicted octanol–water partition coefficient (Wildman–Crippen LogP) is 2.44. The van der Waals surface area contributed by atoms with E-state index in [0.717, 1.165) is 18.7 Å². The van der Waals surface area contributed by atoms with Crippen molar-refractivity contribution in [2.75, 3.05) is 0 Å². The van der Waals surface area contributed by atoms with Gasteiger partial charge in [-0.15, -0.1) is 10.2 Å². The third-order valence-corrected chi connectivity index (χ3v) is 3.25. The van der Waals surface area contributed by atoms with Crippen molar-refractivity contribution in [3.05, 3.63) is 47.0 Å². The molecule has 0 saturated heterocycles. The Morgan fingerprint density at radius 3 is 2.26 bits per heavy atom. The molecule has 0 aliphatic heterocycles. The molecule has 0 radical (unpaired) electrons. The average molecular weight is 259 g/mol. The van der Waals surface area contributed by atoms with Crippen molar-refractivity contribution in [1.29, 1.82) is 0 Å². The van der Waals surface area contributed by atoms with E-state index in [1.54, 1.807) is 0 Å². The van der Waals surface area contributed by atoms with Gasteiger partial charge in [0.25, 0.3) is 0 Å². The number of aliphatic hydroxyl groups is 1. The highest BCUT2D eigenvalue weighted by Crippen LogP contribution is 2.14. The Bertz CT molecular complexity index is 529. The first-order chi connectivity index (χ1) is 9.11. The second-order valence-corrected chi connectivity index (χ2v) is 5.14. The fourth-order valence-corrected chi connectivity index (χ4v) is 2.25. The number of hydrogen-bond acceptors (Lipinski definition) is 3. The number of nitrogens with zero attached hydrogens (tertiary/aromatic N) is 3. The molecule has 0 unspecified atom stereocenters. The van der Waals surface area contributed by atoms with Gasteiger partial charge in [-0.3, -0.25) is 0 Å². The molecule has 0 aliphatic rings.